The molecule has 1 aliphatic rings. The molecule has 136 valence electrons. The van der Waals surface area contributed by atoms with Crippen molar-refractivity contribution >= 4 is 16.6 Å². The largest absolute Gasteiger partial charge is 0.497 e. The highest BCUT2D eigenvalue weighted by Crippen LogP contribution is 2.29. The molecule has 0 saturated carbocycles. The molecule has 0 bridgehead atoms. The zero-order chi connectivity index (χ0) is 17.9. The lowest BCUT2D eigenvalue weighted by Gasteiger charge is -2.36. The number of benzene rings is 2. The summed E-state index contributed by atoms with van der Waals surface area (Å²) in [6, 6.07) is 14.5. The van der Waals surface area contributed by atoms with E-state index in [0.29, 0.717) is 0 Å². The molecule has 0 radical (unpaired) electrons. The maximum Gasteiger partial charge on any atom is 0.142 e. The van der Waals surface area contributed by atoms with Gasteiger partial charge in [-0.2, -0.15) is 0 Å². The van der Waals surface area contributed by atoms with Crippen molar-refractivity contribution in [3.05, 3.63) is 54.2 Å². The molecule has 5 heteroatoms. The molecule has 1 aliphatic heterocycles. The Kier molecular flexibility index (Phi) is 4.71. The minimum atomic E-state index is 0.902. The summed E-state index contributed by atoms with van der Waals surface area (Å²) in [4.78, 5) is 8.29. The molecule has 1 aromatic heterocycles. The molecule has 4 rings (SSSR count). The average Bonchev–Trinajstić information content (AvgIpc) is 3.10. The van der Waals surface area contributed by atoms with Gasteiger partial charge in [0.2, 0.25) is 0 Å². The quantitative estimate of drug-likeness (QED) is 0.764. The van der Waals surface area contributed by atoms with E-state index in [4.69, 9.17) is 9.47 Å². The van der Waals surface area contributed by atoms with Crippen molar-refractivity contribution in [2.24, 2.45) is 0 Å². The van der Waals surface area contributed by atoms with E-state index in [0.717, 1.165) is 49.7 Å². The zero-order valence-electron chi connectivity index (χ0n) is 15.4. The van der Waals surface area contributed by atoms with E-state index in [-0.39, 0.29) is 0 Å². The van der Waals surface area contributed by atoms with E-state index in [1.165, 1.54) is 16.6 Å². The van der Waals surface area contributed by atoms with E-state index in [2.05, 4.69) is 45.2 Å². The molecule has 0 unspecified atom stereocenters. The number of aromatic nitrogens is 1. The van der Waals surface area contributed by atoms with E-state index < -0.39 is 0 Å². The second kappa shape index (κ2) is 7.30. The maximum absolute atomic E-state index is 5.51. The third kappa shape index (κ3) is 3.22. The van der Waals surface area contributed by atoms with Gasteiger partial charge in [0.25, 0.3) is 0 Å². The number of H-pyrrole nitrogens is 1. The van der Waals surface area contributed by atoms with E-state index in [9.17, 15) is 0 Å². The van der Waals surface area contributed by atoms with Gasteiger partial charge in [-0.15, -0.1) is 0 Å². The van der Waals surface area contributed by atoms with Crippen LogP contribution in [0.25, 0.3) is 10.9 Å². The molecule has 0 aliphatic carbocycles. The van der Waals surface area contributed by atoms with E-state index in [1.807, 2.05) is 18.2 Å². The Bertz CT molecular complexity index is 882. The molecule has 1 fully saturated rings. The number of ether oxygens (including phenoxy) is 2. The van der Waals surface area contributed by atoms with Gasteiger partial charge in [0.05, 0.1) is 19.9 Å². The fourth-order valence-corrected chi connectivity index (χ4v) is 3.69. The molecule has 0 spiro atoms. The Labute approximate surface area is 154 Å². The summed E-state index contributed by atoms with van der Waals surface area (Å²) in [6.07, 6.45) is 2.12. The molecule has 2 aromatic carbocycles. The number of para-hydroxylation sites is 2. The average molecular weight is 351 g/mol. The summed E-state index contributed by atoms with van der Waals surface area (Å²) >= 11 is 0. The first-order valence-electron chi connectivity index (χ1n) is 9.03. The van der Waals surface area contributed by atoms with Crippen molar-refractivity contribution in [1.29, 1.82) is 0 Å². The SMILES string of the molecule is COc1ccc2[nH]cc(CN3CCN(c4ccccc4OC)CC3)c2c1. The minimum Gasteiger partial charge on any atom is -0.497 e. The van der Waals surface area contributed by atoms with Gasteiger partial charge in [0.1, 0.15) is 11.5 Å². The zero-order valence-corrected chi connectivity index (χ0v) is 15.4. The first-order chi connectivity index (χ1) is 12.8. The molecular formula is C21H25N3O2. The molecular weight excluding hydrogens is 326 g/mol. The van der Waals surface area contributed by atoms with E-state index >= 15 is 0 Å². The van der Waals surface area contributed by atoms with Gasteiger partial charge in [-0.25, -0.2) is 0 Å². The summed E-state index contributed by atoms with van der Waals surface area (Å²) in [5, 5.41) is 1.25. The predicted molar refractivity (Wildman–Crippen MR) is 105 cm³/mol. The van der Waals surface area contributed by atoms with Gasteiger partial charge < -0.3 is 19.4 Å². The van der Waals surface area contributed by atoms with Gasteiger partial charge in [0.15, 0.2) is 0 Å². The van der Waals surface area contributed by atoms with E-state index in [1.54, 1.807) is 14.2 Å². The van der Waals surface area contributed by atoms with Crippen LogP contribution < -0.4 is 14.4 Å². The Morgan fingerprint density at radius 2 is 1.77 bits per heavy atom. The normalized spacial score (nSPS) is 15.4. The molecule has 26 heavy (non-hydrogen) atoms. The number of methoxy groups -OCH3 is 2. The summed E-state index contributed by atoms with van der Waals surface area (Å²) in [6.45, 7) is 5.04. The summed E-state index contributed by atoms with van der Waals surface area (Å²) in [5.74, 6) is 1.85. The minimum absolute atomic E-state index is 0.902. The number of fused-ring (bicyclic) bond motifs is 1. The lowest BCUT2D eigenvalue weighted by atomic mass is 10.1. The van der Waals surface area contributed by atoms with Gasteiger partial charge >= 0.3 is 0 Å². The molecule has 0 amide bonds. The standard InChI is InChI=1S/C21H25N3O2/c1-25-17-7-8-19-18(13-17)16(14-22-19)15-23-9-11-24(12-10-23)20-5-3-4-6-21(20)26-2/h3-8,13-14,22H,9-12,15H2,1-2H3. The number of nitrogens with one attached hydrogen (secondary N) is 1. The second-order valence-electron chi connectivity index (χ2n) is 6.66. The lowest BCUT2D eigenvalue weighted by Crippen LogP contribution is -2.46. The Morgan fingerprint density at radius 3 is 2.54 bits per heavy atom. The third-order valence-electron chi connectivity index (χ3n) is 5.17. The first-order valence-corrected chi connectivity index (χ1v) is 9.03. The topological polar surface area (TPSA) is 40.7 Å². The van der Waals surface area contributed by atoms with Crippen LogP contribution in [0, 0.1) is 0 Å². The van der Waals surface area contributed by atoms with Gasteiger partial charge in [-0.05, 0) is 35.9 Å². The van der Waals surface area contributed by atoms with Gasteiger partial charge in [-0.1, -0.05) is 12.1 Å². The van der Waals surface area contributed by atoms with Crippen LogP contribution in [0.15, 0.2) is 48.7 Å². The Morgan fingerprint density at radius 1 is 0.962 bits per heavy atom. The molecule has 1 N–H and O–H groups in total. The summed E-state index contributed by atoms with van der Waals surface area (Å²) in [5.41, 5.74) is 3.67. The lowest BCUT2D eigenvalue weighted by molar-refractivity contribution is 0.250. The second-order valence-corrected chi connectivity index (χ2v) is 6.66. The van der Waals surface area contributed by atoms with Crippen molar-refractivity contribution in [3.63, 3.8) is 0 Å². The molecule has 2 heterocycles. The number of hydrogen-bond acceptors (Lipinski definition) is 4. The fourth-order valence-electron chi connectivity index (χ4n) is 3.69. The van der Waals surface area contributed by atoms with Crippen molar-refractivity contribution in [2.45, 2.75) is 6.54 Å². The number of rotatable bonds is 5. The van der Waals surface area contributed by atoms with Crippen LogP contribution in [-0.4, -0.2) is 50.3 Å². The van der Waals surface area contributed by atoms with Gasteiger partial charge in [-0.3, -0.25) is 4.90 Å². The van der Waals surface area contributed by atoms with Gasteiger partial charge in [0, 0.05) is 49.8 Å². The predicted octanol–water partition coefficient (Wildman–Crippen LogP) is 3.51. The van der Waals surface area contributed by atoms with Crippen molar-refractivity contribution in [3.8, 4) is 11.5 Å². The highest BCUT2D eigenvalue weighted by atomic mass is 16.5. The van der Waals surface area contributed by atoms with Crippen LogP contribution in [0.2, 0.25) is 0 Å². The highest BCUT2D eigenvalue weighted by Gasteiger charge is 2.20. The fraction of sp³-hybridized carbons (Fsp3) is 0.333. The number of hydrogen-bond donors (Lipinski definition) is 1. The van der Waals surface area contributed by atoms with Crippen LogP contribution in [0.5, 0.6) is 11.5 Å². The van der Waals surface area contributed by atoms with Crippen molar-refractivity contribution in [2.75, 3.05) is 45.3 Å². The molecule has 3 aromatic rings. The van der Waals surface area contributed by atoms with Crippen LogP contribution >= 0.6 is 0 Å². The van der Waals surface area contributed by atoms with Crippen LogP contribution in [0.1, 0.15) is 5.56 Å². The molecule has 1 saturated heterocycles. The Hall–Kier alpha value is -2.66. The molecule has 0 atom stereocenters. The van der Waals surface area contributed by atoms with Crippen LogP contribution in [0.3, 0.4) is 0 Å². The smallest absolute Gasteiger partial charge is 0.142 e. The number of aromatic amines is 1. The van der Waals surface area contributed by atoms with Crippen LogP contribution in [-0.2, 0) is 6.54 Å². The monoisotopic (exact) mass is 351 g/mol. The number of nitrogens with zero attached hydrogens (tertiary/aromatic N) is 2. The summed E-state index contributed by atoms with van der Waals surface area (Å²) in [7, 11) is 3.45. The first kappa shape index (κ1) is 16.8. The number of anilines is 1. The highest BCUT2D eigenvalue weighted by molar-refractivity contribution is 5.84. The Balaban J connectivity index is 1.44. The summed E-state index contributed by atoms with van der Waals surface area (Å²) < 4.78 is 10.9. The number of piperazine rings is 1. The van der Waals surface area contributed by atoms with Crippen LogP contribution in [0.4, 0.5) is 5.69 Å². The maximum atomic E-state index is 5.51. The molecule has 5 nitrogen and oxygen atoms in total. The van der Waals surface area contributed by atoms with Crippen molar-refractivity contribution in [1.82, 2.24) is 9.88 Å². The van der Waals surface area contributed by atoms with Crippen molar-refractivity contribution < 1.29 is 9.47 Å². The third-order valence-corrected chi connectivity index (χ3v) is 5.17.